The molecule has 0 saturated carbocycles. The van der Waals surface area contributed by atoms with Crippen LogP contribution in [-0.2, 0) is 7.05 Å². The number of benzene rings is 1. The largest absolute Gasteiger partial charge is 0.352 e. The predicted octanol–water partition coefficient (Wildman–Crippen LogP) is 3.18. The number of amides is 1. The highest BCUT2D eigenvalue weighted by Gasteiger charge is 2.12. The topological polar surface area (TPSA) is 77.1 Å². The third-order valence-corrected chi connectivity index (χ3v) is 4.50. The van der Waals surface area contributed by atoms with Crippen molar-refractivity contribution in [3.05, 3.63) is 60.8 Å². The second-order valence-corrected chi connectivity index (χ2v) is 7.26. The highest BCUT2D eigenvalue weighted by molar-refractivity contribution is 5.96. The molecular formula is C21H22N6O. The number of nitrogens with zero attached hydrogens (tertiary/aromatic N) is 5. The molecule has 142 valence electrons. The van der Waals surface area contributed by atoms with Crippen molar-refractivity contribution in [3.8, 4) is 22.3 Å². The molecule has 0 aliphatic rings. The lowest BCUT2D eigenvalue weighted by molar-refractivity contribution is 0.0949. The third-order valence-electron chi connectivity index (χ3n) is 4.50. The molecule has 0 aliphatic carbocycles. The quantitative estimate of drug-likeness (QED) is 0.582. The number of hydrogen-bond donors (Lipinski definition) is 1. The molecule has 0 unspecified atom stereocenters. The average Bonchev–Trinajstić information content (AvgIpc) is 3.31. The Morgan fingerprint density at radius 3 is 2.64 bits per heavy atom. The fourth-order valence-electron chi connectivity index (χ4n) is 3.02. The average molecular weight is 374 g/mol. The summed E-state index contributed by atoms with van der Waals surface area (Å²) in [6, 6.07) is 7.54. The number of hydrogen-bond acceptors (Lipinski definition) is 4. The summed E-state index contributed by atoms with van der Waals surface area (Å²) in [5.74, 6) is 0.337. The number of carbonyl (C=O) groups excluding carboxylic acids is 1. The van der Waals surface area contributed by atoms with Gasteiger partial charge < -0.3 is 5.32 Å². The summed E-state index contributed by atoms with van der Waals surface area (Å²) in [5, 5.41) is 11.6. The SMILES string of the molecule is CC(C)CNC(=O)c1cccc(-c2cnn3cc(-c4cnn(C)c4)cnc23)c1. The van der Waals surface area contributed by atoms with Crippen molar-refractivity contribution in [1.29, 1.82) is 0 Å². The molecule has 4 aromatic rings. The fraction of sp³-hybridized carbons (Fsp3) is 0.238. The first-order valence-corrected chi connectivity index (χ1v) is 9.22. The minimum atomic E-state index is -0.0705. The molecule has 0 aliphatic heterocycles. The lowest BCUT2D eigenvalue weighted by atomic mass is 10.0. The van der Waals surface area contributed by atoms with Gasteiger partial charge in [0, 0.05) is 54.4 Å². The van der Waals surface area contributed by atoms with Gasteiger partial charge in [0.2, 0.25) is 0 Å². The molecule has 0 spiro atoms. The molecule has 0 bridgehead atoms. The van der Waals surface area contributed by atoms with Crippen LogP contribution in [0.3, 0.4) is 0 Å². The van der Waals surface area contributed by atoms with E-state index in [1.54, 1.807) is 21.6 Å². The van der Waals surface area contributed by atoms with E-state index >= 15 is 0 Å². The van der Waals surface area contributed by atoms with Crippen molar-refractivity contribution in [2.75, 3.05) is 6.54 Å². The Balaban J connectivity index is 1.66. The van der Waals surface area contributed by atoms with E-state index in [0.717, 1.165) is 27.9 Å². The summed E-state index contributed by atoms with van der Waals surface area (Å²) in [4.78, 5) is 17.0. The third kappa shape index (κ3) is 3.51. The van der Waals surface area contributed by atoms with Gasteiger partial charge in [-0.1, -0.05) is 26.0 Å². The smallest absolute Gasteiger partial charge is 0.251 e. The van der Waals surface area contributed by atoms with Crippen molar-refractivity contribution in [2.24, 2.45) is 13.0 Å². The Labute approximate surface area is 163 Å². The molecule has 28 heavy (non-hydrogen) atoms. The van der Waals surface area contributed by atoms with Crippen LogP contribution in [0.2, 0.25) is 0 Å². The monoisotopic (exact) mass is 374 g/mol. The second kappa shape index (κ2) is 7.26. The van der Waals surface area contributed by atoms with E-state index in [1.165, 1.54) is 0 Å². The Hall–Kier alpha value is -3.48. The lowest BCUT2D eigenvalue weighted by Gasteiger charge is -2.08. The molecular weight excluding hydrogens is 352 g/mol. The Kier molecular flexibility index (Phi) is 4.65. The summed E-state index contributed by atoms with van der Waals surface area (Å²) >= 11 is 0. The van der Waals surface area contributed by atoms with E-state index in [-0.39, 0.29) is 5.91 Å². The van der Waals surface area contributed by atoms with Crippen LogP contribution in [0.5, 0.6) is 0 Å². The van der Waals surface area contributed by atoms with Gasteiger partial charge in [0.25, 0.3) is 5.91 Å². The number of nitrogens with one attached hydrogen (secondary N) is 1. The number of carbonyl (C=O) groups is 1. The van der Waals surface area contributed by atoms with Gasteiger partial charge in [-0.25, -0.2) is 9.50 Å². The predicted molar refractivity (Wildman–Crippen MR) is 108 cm³/mol. The normalized spacial score (nSPS) is 11.3. The van der Waals surface area contributed by atoms with Gasteiger partial charge in [0.05, 0.1) is 12.4 Å². The van der Waals surface area contributed by atoms with Gasteiger partial charge in [-0.05, 0) is 23.6 Å². The highest BCUT2D eigenvalue weighted by Crippen LogP contribution is 2.26. The van der Waals surface area contributed by atoms with E-state index < -0.39 is 0 Å². The van der Waals surface area contributed by atoms with Crippen LogP contribution >= 0.6 is 0 Å². The summed E-state index contributed by atoms with van der Waals surface area (Å²) < 4.78 is 3.51. The second-order valence-electron chi connectivity index (χ2n) is 7.26. The van der Waals surface area contributed by atoms with Crippen LogP contribution in [-0.4, -0.2) is 36.8 Å². The summed E-state index contributed by atoms with van der Waals surface area (Å²) in [6.07, 6.45) is 9.26. The molecule has 7 nitrogen and oxygen atoms in total. The number of aryl methyl sites for hydroxylation is 1. The summed E-state index contributed by atoms with van der Waals surface area (Å²) in [6.45, 7) is 4.79. The number of fused-ring (bicyclic) bond motifs is 1. The van der Waals surface area contributed by atoms with Crippen LogP contribution in [0.15, 0.2) is 55.2 Å². The van der Waals surface area contributed by atoms with Crippen molar-refractivity contribution < 1.29 is 4.79 Å². The molecule has 4 rings (SSSR count). The zero-order chi connectivity index (χ0) is 19.7. The zero-order valence-corrected chi connectivity index (χ0v) is 16.1. The molecule has 7 heteroatoms. The van der Waals surface area contributed by atoms with Crippen LogP contribution in [0.25, 0.3) is 27.9 Å². The van der Waals surface area contributed by atoms with Crippen LogP contribution in [0.1, 0.15) is 24.2 Å². The van der Waals surface area contributed by atoms with Gasteiger partial charge in [-0.2, -0.15) is 10.2 Å². The minimum absolute atomic E-state index is 0.0705. The molecule has 0 fully saturated rings. The maximum absolute atomic E-state index is 12.4. The van der Waals surface area contributed by atoms with Gasteiger partial charge in [-0.3, -0.25) is 9.48 Å². The highest BCUT2D eigenvalue weighted by atomic mass is 16.1. The summed E-state index contributed by atoms with van der Waals surface area (Å²) in [5.41, 5.74) is 5.09. The van der Waals surface area contributed by atoms with Gasteiger partial charge in [-0.15, -0.1) is 0 Å². The van der Waals surface area contributed by atoms with Crippen molar-refractivity contribution in [2.45, 2.75) is 13.8 Å². The molecule has 0 radical (unpaired) electrons. The molecule has 3 aromatic heterocycles. The first-order valence-electron chi connectivity index (χ1n) is 9.22. The minimum Gasteiger partial charge on any atom is -0.352 e. The zero-order valence-electron chi connectivity index (χ0n) is 16.1. The standard InChI is InChI=1S/C21H22N6O/c1-14(2)8-23-21(28)16-6-4-5-15(7-16)19-11-25-27-13-17(9-22-20(19)27)18-10-24-26(3)12-18/h4-7,9-14H,8H2,1-3H3,(H,23,28). The van der Waals surface area contributed by atoms with E-state index in [0.29, 0.717) is 18.0 Å². The molecule has 1 amide bonds. The van der Waals surface area contributed by atoms with E-state index in [2.05, 4.69) is 34.3 Å². The van der Waals surface area contributed by atoms with E-state index in [9.17, 15) is 4.79 Å². The van der Waals surface area contributed by atoms with E-state index in [1.807, 2.05) is 49.9 Å². The molecule has 3 heterocycles. The van der Waals surface area contributed by atoms with Crippen molar-refractivity contribution in [1.82, 2.24) is 29.7 Å². The Bertz CT molecular complexity index is 1140. The molecule has 1 aromatic carbocycles. The lowest BCUT2D eigenvalue weighted by Crippen LogP contribution is -2.27. The maximum Gasteiger partial charge on any atom is 0.251 e. The van der Waals surface area contributed by atoms with Crippen LogP contribution in [0.4, 0.5) is 0 Å². The van der Waals surface area contributed by atoms with Gasteiger partial charge in [0.15, 0.2) is 5.65 Å². The molecule has 0 saturated heterocycles. The van der Waals surface area contributed by atoms with Crippen molar-refractivity contribution >= 4 is 11.6 Å². The van der Waals surface area contributed by atoms with Gasteiger partial charge in [0.1, 0.15) is 0 Å². The Morgan fingerprint density at radius 1 is 1.07 bits per heavy atom. The number of aromatic nitrogens is 5. The molecule has 0 atom stereocenters. The molecule has 1 N–H and O–H groups in total. The maximum atomic E-state index is 12.4. The van der Waals surface area contributed by atoms with Crippen LogP contribution < -0.4 is 5.32 Å². The Morgan fingerprint density at radius 2 is 1.89 bits per heavy atom. The first-order chi connectivity index (χ1) is 13.5. The van der Waals surface area contributed by atoms with Crippen LogP contribution in [0, 0.1) is 5.92 Å². The van der Waals surface area contributed by atoms with Crippen molar-refractivity contribution in [3.63, 3.8) is 0 Å². The van der Waals surface area contributed by atoms with E-state index in [4.69, 9.17) is 0 Å². The number of rotatable bonds is 5. The first kappa shape index (κ1) is 17.9. The summed E-state index contributed by atoms with van der Waals surface area (Å²) in [7, 11) is 1.88. The fourth-order valence-corrected chi connectivity index (χ4v) is 3.02. The van der Waals surface area contributed by atoms with Gasteiger partial charge >= 0.3 is 0 Å².